The quantitative estimate of drug-likeness (QED) is 0.0386. The van der Waals surface area contributed by atoms with E-state index in [-0.39, 0.29) is 84.6 Å². The van der Waals surface area contributed by atoms with Gasteiger partial charge in [-0.1, -0.05) is 36.4 Å². The predicted octanol–water partition coefficient (Wildman–Crippen LogP) is 8.40. The van der Waals surface area contributed by atoms with Gasteiger partial charge in [-0.25, -0.2) is 4.79 Å². The number of phenols is 2. The summed E-state index contributed by atoms with van der Waals surface area (Å²) in [6.07, 6.45) is 0. The van der Waals surface area contributed by atoms with Crippen LogP contribution in [-0.4, -0.2) is 91.8 Å². The molecule has 307 valence electrons. The van der Waals surface area contributed by atoms with Gasteiger partial charge in [0.05, 0.1) is 12.8 Å². The third-order valence-electron chi connectivity index (χ3n) is 8.91. The van der Waals surface area contributed by atoms with Gasteiger partial charge in [-0.2, -0.15) is 25.3 Å². The first-order valence-electron chi connectivity index (χ1n) is 16.9. The number of aromatic hydroxyl groups is 2. The van der Waals surface area contributed by atoms with E-state index in [4.69, 9.17) is 4.74 Å². The first-order valence-corrected chi connectivity index (χ1v) is 21.2. The van der Waals surface area contributed by atoms with Crippen molar-refractivity contribution in [3.8, 4) is 17.2 Å². The predicted molar refractivity (Wildman–Crippen MR) is 224 cm³/mol. The molecule has 0 unspecified atom stereocenters. The molecule has 0 fully saturated rings. The fourth-order valence-corrected chi connectivity index (χ4v) is 8.24. The summed E-state index contributed by atoms with van der Waals surface area (Å²) in [5.41, 5.74) is -0.782. The number of azo groups is 2. The van der Waals surface area contributed by atoms with Crippen LogP contribution in [0.1, 0.15) is 0 Å². The van der Waals surface area contributed by atoms with E-state index in [0.717, 1.165) is 18.2 Å². The Morgan fingerprint density at radius 3 is 1.48 bits per heavy atom. The molecule has 7 N–H and O–H groups in total. The third-order valence-corrected chi connectivity index (χ3v) is 11.6. The number of methoxy groups -OCH3 is 1. The third kappa shape index (κ3) is 9.31. The van der Waals surface area contributed by atoms with Gasteiger partial charge in [-0.15, -0.1) is 20.5 Å². The van der Waals surface area contributed by atoms with Crippen molar-refractivity contribution in [1.29, 1.82) is 0 Å². The number of carbonyl (C=O) groups excluding carboxylic acids is 1. The van der Waals surface area contributed by atoms with Crippen LogP contribution in [0.4, 0.5) is 38.9 Å². The van der Waals surface area contributed by atoms with Gasteiger partial charge in [0.2, 0.25) is 0 Å². The number of carbonyl (C=O) groups is 1. The van der Waals surface area contributed by atoms with Crippen molar-refractivity contribution in [2.24, 2.45) is 20.5 Å². The summed E-state index contributed by atoms with van der Waals surface area (Å²) < 4.78 is 109. The Bertz CT molecular complexity index is 3350. The molecular formula is C38H28N6NaO13S3. The molecule has 23 heteroatoms. The molecule has 0 bridgehead atoms. The van der Waals surface area contributed by atoms with Crippen LogP contribution in [0.2, 0.25) is 0 Å². The van der Waals surface area contributed by atoms with Crippen LogP contribution >= 0.6 is 0 Å². The molecule has 0 aliphatic heterocycles. The zero-order chi connectivity index (χ0) is 43.1. The Balaban J connectivity index is 0.00000622. The second kappa shape index (κ2) is 17.1. The topological polar surface area (TPSA) is 303 Å². The molecule has 19 nitrogen and oxygen atoms in total. The molecule has 7 aromatic rings. The Morgan fingerprint density at radius 1 is 0.525 bits per heavy atom. The Hall–Kier alpha value is -6.08. The molecule has 7 aromatic carbocycles. The van der Waals surface area contributed by atoms with Gasteiger partial charge in [-0.05, 0) is 83.6 Å². The number of hydrogen-bond donors (Lipinski definition) is 7. The molecule has 0 aromatic heterocycles. The Kier molecular flexibility index (Phi) is 12.5. The zero-order valence-corrected chi connectivity index (χ0v) is 35.9. The van der Waals surface area contributed by atoms with Crippen LogP contribution in [0.5, 0.6) is 17.2 Å². The minimum atomic E-state index is -5.07. The number of para-hydroxylation sites is 1. The van der Waals surface area contributed by atoms with E-state index in [2.05, 4.69) is 31.1 Å². The number of fused-ring (bicyclic) bond motifs is 3. The van der Waals surface area contributed by atoms with E-state index in [1.807, 2.05) is 0 Å². The fraction of sp³-hybridized carbons (Fsp3) is 0.0263. The average Bonchev–Trinajstić information content (AvgIpc) is 3.18. The maximum absolute atomic E-state index is 13.1. The molecule has 0 saturated heterocycles. The summed E-state index contributed by atoms with van der Waals surface area (Å²) in [4.78, 5) is 11.1. The number of rotatable bonds is 10. The van der Waals surface area contributed by atoms with Crippen molar-refractivity contribution in [2.45, 2.75) is 14.7 Å². The van der Waals surface area contributed by atoms with Crippen molar-refractivity contribution in [2.75, 3.05) is 17.7 Å². The summed E-state index contributed by atoms with van der Waals surface area (Å²) in [5, 5.41) is 43.6. The van der Waals surface area contributed by atoms with E-state index < -0.39 is 73.9 Å². The number of amides is 2. The second-order valence-corrected chi connectivity index (χ2v) is 16.9. The fourth-order valence-electron chi connectivity index (χ4n) is 6.23. The van der Waals surface area contributed by atoms with E-state index >= 15 is 0 Å². The normalized spacial score (nSPS) is 12.3. The second-order valence-electron chi connectivity index (χ2n) is 12.7. The Labute approximate surface area is 368 Å². The summed E-state index contributed by atoms with van der Waals surface area (Å²) in [6, 6.07) is 23.8. The van der Waals surface area contributed by atoms with Crippen molar-refractivity contribution in [3.63, 3.8) is 0 Å². The van der Waals surface area contributed by atoms with Crippen molar-refractivity contribution < 1.29 is 58.7 Å². The maximum Gasteiger partial charge on any atom is 0.323 e. The number of phenolic OH excluding ortho intramolecular Hbond substituents is 2. The smallest absolute Gasteiger partial charge is 0.323 e. The summed E-state index contributed by atoms with van der Waals surface area (Å²) in [7, 11) is -13.3. The Morgan fingerprint density at radius 2 is 0.984 bits per heavy atom. The van der Waals surface area contributed by atoms with Crippen LogP contribution in [0.15, 0.2) is 144 Å². The average molecular weight is 896 g/mol. The van der Waals surface area contributed by atoms with Gasteiger partial charge < -0.3 is 25.6 Å². The first kappa shape index (κ1) is 44.5. The maximum atomic E-state index is 13.1. The SMILES string of the molecule is COc1ccccc1N=Nc1c(S(=O)(=O)O)cc2cc(NC(=O)Nc3ccc4c(O)c(N=Nc5ccc(S(=O)(=O)O)c6ccccc56)c(S(=O)(=O)O)cc4c3)ccc2c1O.[Na]. The number of hydrogen-bond acceptors (Lipinski definition) is 14. The van der Waals surface area contributed by atoms with Crippen molar-refractivity contribution in [3.05, 3.63) is 109 Å². The molecule has 7 rings (SSSR count). The van der Waals surface area contributed by atoms with Crippen molar-refractivity contribution in [1.82, 2.24) is 0 Å². The summed E-state index contributed by atoms with van der Waals surface area (Å²) in [5.74, 6) is -1.04. The molecule has 0 aliphatic carbocycles. The summed E-state index contributed by atoms with van der Waals surface area (Å²) in [6.45, 7) is 0. The van der Waals surface area contributed by atoms with E-state index in [1.54, 1.807) is 24.3 Å². The van der Waals surface area contributed by atoms with Crippen LogP contribution in [-0.2, 0) is 30.4 Å². The molecule has 2 amide bonds. The van der Waals surface area contributed by atoms with Gasteiger partial charge in [0.1, 0.15) is 37.5 Å². The number of urea groups is 1. The first-order chi connectivity index (χ1) is 28.3. The molecular weight excluding hydrogens is 868 g/mol. The van der Waals surface area contributed by atoms with Crippen molar-refractivity contribution >= 4 is 132 Å². The summed E-state index contributed by atoms with van der Waals surface area (Å²) >= 11 is 0. The van der Waals surface area contributed by atoms with E-state index in [1.165, 1.54) is 73.8 Å². The standard InChI is InChI=1S/C38H28N6O13S3.Na/c1-57-30-9-5-4-8-29(30)42-44-35-33(60(54,55)56)19-21-17-23(11-13-25(21)37(35)46)40-38(47)39-22-10-12-24-20(16-22)18-32(59(51,52)53)34(36(24)45)43-41-28-14-15-31(58(48,49)50)27-7-3-2-6-26(27)28;/h2-19,45-46H,1H3,(H2,39,40,47)(H,48,49,50)(H,51,52,53)(H,54,55,56);. The molecule has 1 radical (unpaired) electrons. The van der Waals surface area contributed by atoms with Gasteiger partial charge >= 0.3 is 6.03 Å². The number of ether oxygens (including phenoxy) is 1. The van der Waals surface area contributed by atoms with E-state index in [9.17, 15) is 53.9 Å². The number of anilines is 2. The largest absolute Gasteiger partial charge is 0.505 e. The number of benzene rings is 7. The minimum Gasteiger partial charge on any atom is -0.505 e. The van der Waals surface area contributed by atoms with Gasteiger partial charge in [0.15, 0.2) is 11.5 Å². The van der Waals surface area contributed by atoms with Gasteiger partial charge in [0, 0.05) is 62.5 Å². The molecule has 0 atom stereocenters. The van der Waals surface area contributed by atoms with Crippen LogP contribution in [0.25, 0.3) is 32.3 Å². The monoisotopic (exact) mass is 895 g/mol. The number of nitrogens with one attached hydrogen (secondary N) is 2. The van der Waals surface area contributed by atoms with Gasteiger partial charge in [-0.3, -0.25) is 13.7 Å². The zero-order valence-electron chi connectivity index (χ0n) is 31.4. The molecule has 0 heterocycles. The van der Waals surface area contributed by atoms with Gasteiger partial charge in [0.25, 0.3) is 30.4 Å². The molecule has 0 saturated carbocycles. The van der Waals surface area contributed by atoms with E-state index in [0.29, 0.717) is 5.75 Å². The van der Waals surface area contributed by atoms with Crippen LogP contribution in [0.3, 0.4) is 0 Å². The molecule has 61 heavy (non-hydrogen) atoms. The number of nitrogens with zero attached hydrogens (tertiary/aromatic N) is 4. The van der Waals surface area contributed by atoms with Crippen LogP contribution in [0, 0.1) is 0 Å². The van der Waals surface area contributed by atoms with Crippen LogP contribution < -0.4 is 15.4 Å². The molecule has 0 spiro atoms. The minimum absolute atomic E-state index is 0. The molecule has 0 aliphatic rings.